The van der Waals surface area contributed by atoms with Crippen LogP contribution < -0.4 is 11.1 Å². The van der Waals surface area contributed by atoms with Gasteiger partial charge in [0.2, 0.25) is 5.91 Å². The molecule has 1 fully saturated rings. The molecule has 1 aromatic heterocycles. The molecule has 130 valence electrons. The predicted octanol–water partition coefficient (Wildman–Crippen LogP) is 3.00. The smallest absolute Gasteiger partial charge is 0.248 e. The van der Waals surface area contributed by atoms with E-state index in [-0.39, 0.29) is 5.91 Å². The first-order valence-electron chi connectivity index (χ1n) is 9.13. The van der Waals surface area contributed by atoms with Crippen LogP contribution in [0.3, 0.4) is 0 Å². The molecule has 1 saturated heterocycles. The number of fused-ring (bicyclic) bond motifs is 1. The molecular formula is C19H28N4O. The van der Waals surface area contributed by atoms with Gasteiger partial charge in [0.1, 0.15) is 0 Å². The molecule has 24 heavy (non-hydrogen) atoms. The maximum atomic E-state index is 11.4. The van der Waals surface area contributed by atoms with Crippen molar-refractivity contribution in [3.63, 3.8) is 0 Å². The summed E-state index contributed by atoms with van der Waals surface area (Å²) in [4.78, 5) is 11.4. The molecule has 1 aromatic carbocycles. The highest BCUT2D eigenvalue weighted by atomic mass is 16.1. The van der Waals surface area contributed by atoms with Crippen molar-refractivity contribution in [3.05, 3.63) is 29.5 Å². The minimum Gasteiger partial charge on any atom is -0.366 e. The van der Waals surface area contributed by atoms with Gasteiger partial charge in [-0.1, -0.05) is 25.3 Å². The number of aryl methyl sites for hydroxylation is 2. The lowest BCUT2D eigenvalue weighted by molar-refractivity contribution is 0.100. The Balaban J connectivity index is 1.54. The molecule has 0 bridgehead atoms. The zero-order valence-electron chi connectivity index (χ0n) is 14.6. The molecule has 0 spiro atoms. The monoisotopic (exact) mass is 328 g/mol. The van der Waals surface area contributed by atoms with Gasteiger partial charge in [-0.05, 0) is 57.3 Å². The van der Waals surface area contributed by atoms with Gasteiger partial charge in [0.25, 0.3) is 0 Å². The van der Waals surface area contributed by atoms with Crippen molar-refractivity contribution in [2.24, 2.45) is 11.7 Å². The minimum atomic E-state index is -0.385. The molecule has 3 N–H and O–H groups in total. The lowest BCUT2D eigenvalue weighted by Gasteiger charge is -2.22. The van der Waals surface area contributed by atoms with Gasteiger partial charge in [-0.15, -0.1) is 0 Å². The molecule has 1 amide bonds. The van der Waals surface area contributed by atoms with Crippen molar-refractivity contribution in [2.45, 2.75) is 52.0 Å². The fourth-order valence-corrected chi connectivity index (χ4v) is 3.71. The molecule has 0 radical (unpaired) electrons. The lowest BCUT2D eigenvalue weighted by Crippen LogP contribution is -2.27. The summed E-state index contributed by atoms with van der Waals surface area (Å²) in [5, 5.41) is 9.17. The molecule has 2 heterocycles. The predicted molar refractivity (Wildman–Crippen MR) is 97.0 cm³/mol. The van der Waals surface area contributed by atoms with Gasteiger partial charge >= 0.3 is 0 Å². The summed E-state index contributed by atoms with van der Waals surface area (Å²) >= 11 is 0. The molecule has 0 unspecified atom stereocenters. The Bertz CT molecular complexity index is 701. The molecule has 2 aromatic rings. The number of primary amides is 1. The number of carbonyl (C=O) groups is 1. The van der Waals surface area contributed by atoms with E-state index in [0.29, 0.717) is 5.56 Å². The first-order chi connectivity index (χ1) is 11.6. The number of carbonyl (C=O) groups excluding carboxylic acids is 1. The Kier molecular flexibility index (Phi) is 5.51. The largest absolute Gasteiger partial charge is 0.366 e. The van der Waals surface area contributed by atoms with Crippen LogP contribution in [0, 0.1) is 12.8 Å². The summed E-state index contributed by atoms with van der Waals surface area (Å²) in [6.45, 7) is 5.29. The highest BCUT2D eigenvalue weighted by molar-refractivity contribution is 5.97. The number of aromatic nitrogens is 2. The Morgan fingerprint density at radius 2 is 2.08 bits per heavy atom. The third-order valence-corrected chi connectivity index (χ3v) is 5.16. The Morgan fingerprint density at radius 1 is 1.29 bits per heavy atom. The highest BCUT2D eigenvalue weighted by Gasteiger charge is 2.13. The van der Waals surface area contributed by atoms with Crippen LogP contribution in [0.5, 0.6) is 0 Å². The van der Waals surface area contributed by atoms with Crippen molar-refractivity contribution in [3.8, 4) is 0 Å². The Hall–Kier alpha value is -1.88. The van der Waals surface area contributed by atoms with E-state index < -0.39 is 0 Å². The second-order valence-electron chi connectivity index (χ2n) is 6.95. The minimum absolute atomic E-state index is 0.385. The van der Waals surface area contributed by atoms with Gasteiger partial charge in [0, 0.05) is 17.5 Å². The number of rotatable bonds is 7. The van der Waals surface area contributed by atoms with Gasteiger partial charge in [-0.25, -0.2) is 0 Å². The number of hydrogen-bond acceptors (Lipinski definition) is 3. The van der Waals surface area contributed by atoms with E-state index in [9.17, 15) is 4.79 Å². The summed E-state index contributed by atoms with van der Waals surface area (Å²) in [5.41, 5.74) is 7.98. The first-order valence-corrected chi connectivity index (χ1v) is 9.13. The molecule has 1 aliphatic heterocycles. The number of nitrogens with two attached hydrogens (primary N) is 1. The molecule has 5 nitrogen and oxygen atoms in total. The van der Waals surface area contributed by atoms with E-state index in [1.165, 1.54) is 45.2 Å². The zero-order chi connectivity index (χ0) is 16.9. The van der Waals surface area contributed by atoms with Crippen LogP contribution in [-0.4, -0.2) is 28.8 Å². The van der Waals surface area contributed by atoms with Crippen molar-refractivity contribution < 1.29 is 4.79 Å². The van der Waals surface area contributed by atoms with E-state index in [2.05, 4.69) is 10.4 Å². The molecule has 0 atom stereocenters. The molecule has 3 rings (SSSR count). The third kappa shape index (κ3) is 3.96. The first kappa shape index (κ1) is 17.0. The number of piperidine rings is 1. The molecule has 0 saturated carbocycles. The van der Waals surface area contributed by atoms with E-state index >= 15 is 0 Å². The van der Waals surface area contributed by atoms with Crippen LogP contribution in [0.25, 0.3) is 10.9 Å². The van der Waals surface area contributed by atoms with Crippen LogP contribution in [0.1, 0.15) is 54.6 Å². The fraction of sp³-hybridized carbons (Fsp3) is 0.579. The van der Waals surface area contributed by atoms with Crippen LogP contribution in [-0.2, 0) is 6.54 Å². The Labute approximate surface area is 143 Å². The SMILES string of the molecule is Cc1nn(CCCCCC2CCNCC2)c2cc(C(N)=O)ccc12. The summed E-state index contributed by atoms with van der Waals surface area (Å²) < 4.78 is 2.03. The van der Waals surface area contributed by atoms with Gasteiger partial charge in [0.15, 0.2) is 0 Å². The van der Waals surface area contributed by atoms with Gasteiger partial charge < -0.3 is 11.1 Å². The number of hydrogen-bond donors (Lipinski definition) is 2. The maximum Gasteiger partial charge on any atom is 0.248 e. The van der Waals surface area contributed by atoms with E-state index in [1.807, 2.05) is 23.7 Å². The fourth-order valence-electron chi connectivity index (χ4n) is 3.71. The number of unbranched alkanes of at least 4 members (excludes halogenated alkanes) is 2. The molecule has 1 aliphatic rings. The number of amides is 1. The standard InChI is InChI=1S/C19H28N4O/c1-14-17-7-6-16(19(20)24)13-18(17)23(22-14)12-4-2-3-5-15-8-10-21-11-9-15/h6-7,13,15,21H,2-5,8-12H2,1H3,(H2,20,24). The van der Waals surface area contributed by atoms with Crippen LogP contribution in [0.15, 0.2) is 18.2 Å². The van der Waals surface area contributed by atoms with Crippen LogP contribution in [0.4, 0.5) is 0 Å². The van der Waals surface area contributed by atoms with Crippen LogP contribution >= 0.6 is 0 Å². The van der Waals surface area contributed by atoms with Crippen molar-refractivity contribution >= 4 is 16.8 Å². The zero-order valence-corrected chi connectivity index (χ0v) is 14.6. The average Bonchev–Trinajstić information content (AvgIpc) is 2.91. The quantitative estimate of drug-likeness (QED) is 0.767. The molecule has 5 heteroatoms. The van der Waals surface area contributed by atoms with Gasteiger partial charge in [-0.2, -0.15) is 5.10 Å². The van der Waals surface area contributed by atoms with Crippen molar-refractivity contribution in [1.82, 2.24) is 15.1 Å². The third-order valence-electron chi connectivity index (χ3n) is 5.16. The van der Waals surface area contributed by atoms with Crippen LogP contribution in [0.2, 0.25) is 0 Å². The highest BCUT2D eigenvalue weighted by Crippen LogP contribution is 2.22. The number of nitrogens with zero attached hydrogens (tertiary/aromatic N) is 2. The summed E-state index contributed by atoms with van der Waals surface area (Å²) in [7, 11) is 0. The summed E-state index contributed by atoms with van der Waals surface area (Å²) in [6.07, 6.45) is 7.68. The second kappa shape index (κ2) is 7.79. The maximum absolute atomic E-state index is 11.4. The normalized spacial score (nSPS) is 15.9. The van der Waals surface area contributed by atoms with Crippen molar-refractivity contribution in [2.75, 3.05) is 13.1 Å². The summed E-state index contributed by atoms with van der Waals surface area (Å²) in [5.74, 6) is 0.529. The Morgan fingerprint density at radius 3 is 2.83 bits per heavy atom. The van der Waals surface area contributed by atoms with Crippen molar-refractivity contribution in [1.29, 1.82) is 0 Å². The van der Waals surface area contributed by atoms with E-state index in [4.69, 9.17) is 5.73 Å². The molecule has 0 aliphatic carbocycles. The second-order valence-corrected chi connectivity index (χ2v) is 6.95. The summed E-state index contributed by atoms with van der Waals surface area (Å²) in [6, 6.07) is 5.60. The van der Waals surface area contributed by atoms with E-state index in [1.54, 1.807) is 6.07 Å². The topological polar surface area (TPSA) is 72.9 Å². The molecular weight excluding hydrogens is 300 g/mol. The number of benzene rings is 1. The average molecular weight is 328 g/mol. The number of nitrogens with one attached hydrogen (secondary N) is 1. The van der Waals surface area contributed by atoms with E-state index in [0.717, 1.165) is 35.5 Å². The van der Waals surface area contributed by atoms with Gasteiger partial charge in [-0.3, -0.25) is 9.48 Å². The lowest BCUT2D eigenvalue weighted by atomic mass is 9.92. The van der Waals surface area contributed by atoms with Gasteiger partial charge in [0.05, 0.1) is 11.2 Å².